The molecule has 0 bridgehead atoms. The van der Waals surface area contributed by atoms with Crippen LogP contribution in [0.4, 0.5) is 5.82 Å². The number of hydrogen-bond donors (Lipinski definition) is 1. The van der Waals surface area contributed by atoms with Crippen LogP contribution in [0.25, 0.3) is 0 Å². The molecule has 0 radical (unpaired) electrons. The number of piperidine rings is 1. The van der Waals surface area contributed by atoms with E-state index in [0.717, 1.165) is 37.3 Å². The van der Waals surface area contributed by atoms with Gasteiger partial charge in [-0.25, -0.2) is 9.97 Å². The molecule has 0 aliphatic carbocycles. The molecule has 0 saturated carbocycles. The molecule has 4 nitrogen and oxygen atoms in total. The summed E-state index contributed by atoms with van der Waals surface area (Å²) in [5.74, 6) is 1.66. The Kier molecular flexibility index (Phi) is 4.63. The standard InChI is InChI=1S/C14H22ClN3O/c1-9(2)12-13(15)16-8-17-14(12)18-6-4-11(5-7-18)10(3)19/h8-11,19H,4-7H2,1-3H3. The van der Waals surface area contributed by atoms with Crippen molar-refractivity contribution in [2.45, 2.75) is 45.6 Å². The monoisotopic (exact) mass is 283 g/mol. The number of aromatic nitrogens is 2. The highest BCUT2D eigenvalue weighted by atomic mass is 35.5. The van der Waals surface area contributed by atoms with Gasteiger partial charge < -0.3 is 10.0 Å². The van der Waals surface area contributed by atoms with Crippen molar-refractivity contribution in [1.82, 2.24) is 9.97 Å². The van der Waals surface area contributed by atoms with E-state index in [2.05, 4.69) is 28.7 Å². The van der Waals surface area contributed by atoms with Crippen LogP contribution in [0.2, 0.25) is 5.15 Å². The summed E-state index contributed by atoms with van der Waals surface area (Å²) in [4.78, 5) is 10.8. The van der Waals surface area contributed by atoms with E-state index in [9.17, 15) is 5.11 Å². The summed E-state index contributed by atoms with van der Waals surface area (Å²) in [7, 11) is 0. The number of halogens is 1. The molecule has 19 heavy (non-hydrogen) atoms. The molecule has 0 amide bonds. The van der Waals surface area contributed by atoms with Crippen LogP contribution >= 0.6 is 11.6 Å². The predicted molar refractivity (Wildman–Crippen MR) is 77.7 cm³/mol. The van der Waals surface area contributed by atoms with Crippen LogP contribution in [0.15, 0.2) is 6.33 Å². The molecule has 0 spiro atoms. The molecule has 0 aromatic carbocycles. The third kappa shape index (κ3) is 3.18. The minimum Gasteiger partial charge on any atom is -0.393 e. The molecule has 5 heteroatoms. The molecule has 106 valence electrons. The number of aliphatic hydroxyl groups is 1. The van der Waals surface area contributed by atoms with E-state index in [-0.39, 0.29) is 6.10 Å². The average Bonchev–Trinajstić information content (AvgIpc) is 2.38. The van der Waals surface area contributed by atoms with Gasteiger partial charge in [0, 0.05) is 18.7 Å². The summed E-state index contributed by atoms with van der Waals surface area (Å²) < 4.78 is 0. The molecule has 1 saturated heterocycles. The second-order valence-corrected chi connectivity index (χ2v) is 5.98. The van der Waals surface area contributed by atoms with Crippen molar-refractivity contribution in [2.75, 3.05) is 18.0 Å². The van der Waals surface area contributed by atoms with Crippen LogP contribution in [0.1, 0.15) is 45.1 Å². The van der Waals surface area contributed by atoms with Gasteiger partial charge in [0.05, 0.1) is 6.10 Å². The van der Waals surface area contributed by atoms with Gasteiger partial charge in [0.1, 0.15) is 17.3 Å². The first kappa shape index (κ1) is 14.5. The Balaban J connectivity index is 2.18. The number of hydrogen-bond acceptors (Lipinski definition) is 4. The molecule has 1 fully saturated rings. The second kappa shape index (κ2) is 6.06. The van der Waals surface area contributed by atoms with Crippen molar-refractivity contribution in [1.29, 1.82) is 0 Å². The quantitative estimate of drug-likeness (QED) is 0.867. The SMILES string of the molecule is CC(C)c1c(Cl)ncnc1N1CCC(C(C)O)CC1. The van der Waals surface area contributed by atoms with Gasteiger partial charge in [0.15, 0.2) is 0 Å². The van der Waals surface area contributed by atoms with E-state index >= 15 is 0 Å². The maximum absolute atomic E-state index is 9.66. The summed E-state index contributed by atoms with van der Waals surface area (Å²) in [5.41, 5.74) is 1.03. The summed E-state index contributed by atoms with van der Waals surface area (Å²) in [5, 5.41) is 10.2. The number of anilines is 1. The van der Waals surface area contributed by atoms with E-state index < -0.39 is 0 Å². The van der Waals surface area contributed by atoms with Gasteiger partial charge in [0.25, 0.3) is 0 Å². The molecular formula is C14H22ClN3O. The molecular weight excluding hydrogens is 262 g/mol. The van der Waals surface area contributed by atoms with Crippen molar-refractivity contribution < 1.29 is 5.11 Å². The lowest BCUT2D eigenvalue weighted by Crippen LogP contribution is -2.38. The van der Waals surface area contributed by atoms with Crippen molar-refractivity contribution in [2.24, 2.45) is 5.92 Å². The highest BCUT2D eigenvalue weighted by Crippen LogP contribution is 2.33. The lowest BCUT2D eigenvalue weighted by molar-refractivity contribution is 0.109. The maximum Gasteiger partial charge on any atom is 0.138 e. The fourth-order valence-corrected chi connectivity index (χ4v) is 3.05. The van der Waals surface area contributed by atoms with Crippen LogP contribution < -0.4 is 4.90 Å². The van der Waals surface area contributed by atoms with Crippen molar-refractivity contribution in [3.63, 3.8) is 0 Å². The topological polar surface area (TPSA) is 49.2 Å². The van der Waals surface area contributed by atoms with Crippen LogP contribution in [0.3, 0.4) is 0 Å². The van der Waals surface area contributed by atoms with E-state index in [1.165, 1.54) is 6.33 Å². The Hall–Kier alpha value is -0.870. The minimum atomic E-state index is -0.222. The maximum atomic E-state index is 9.66. The molecule has 1 unspecified atom stereocenters. The van der Waals surface area contributed by atoms with E-state index in [0.29, 0.717) is 17.0 Å². The van der Waals surface area contributed by atoms with Gasteiger partial charge >= 0.3 is 0 Å². The first-order valence-corrected chi connectivity index (χ1v) is 7.32. The van der Waals surface area contributed by atoms with Gasteiger partial charge in [0.2, 0.25) is 0 Å². The second-order valence-electron chi connectivity index (χ2n) is 5.62. The van der Waals surface area contributed by atoms with Crippen molar-refractivity contribution in [3.05, 3.63) is 17.0 Å². The number of aliphatic hydroxyl groups excluding tert-OH is 1. The zero-order valence-electron chi connectivity index (χ0n) is 11.8. The van der Waals surface area contributed by atoms with Crippen molar-refractivity contribution in [3.8, 4) is 0 Å². The van der Waals surface area contributed by atoms with Gasteiger partial charge in [-0.3, -0.25) is 0 Å². The molecule has 2 rings (SSSR count). The molecule has 1 aliphatic heterocycles. The molecule has 1 atom stereocenters. The number of nitrogens with zero attached hydrogens (tertiary/aromatic N) is 3. The van der Waals surface area contributed by atoms with Gasteiger partial charge in [-0.2, -0.15) is 0 Å². The zero-order valence-corrected chi connectivity index (χ0v) is 12.6. The molecule has 2 heterocycles. The number of rotatable bonds is 3. The summed E-state index contributed by atoms with van der Waals surface area (Å²) in [6.07, 6.45) is 3.30. The highest BCUT2D eigenvalue weighted by molar-refractivity contribution is 6.30. The molecule has 1 aliphatic rings. The van der Waals surface area contributed by atoms with Crippen LogP contribution in [0.5, 0.6) is 0 Å². The van der Waals surface area contributed by atoms with Crippen LogP contribution in [0, 0.1) is 5.92 Å². The Bertz CT molecular complexity index is 429. The van der Waals surface area contributed by atoms with Gasteiger partial charge in [-0.05, 0) is 31.6 Å². The first-order valence-electron chi connectivity index (χ1n) is 6.94. The van der Waals surface area contributed by atoms with Crippen molar-refractivity contribution >= 4 is 17.4 Å². The Morgan fingerprint density at radius 2 is 1.89 bits per heavy atom. The van der Waals surface area contributed by atoms with E-state index in [4.69, 9.17) is 11.6 Å². The fourth-order valence-electron chi connectivity index (χ4n) is 2.71. The molecule has 1 aromatic rings. The van der Waals surface area contributed by atoms with E-state index in [1.54, 1.807) is 0 Å². The summed E-state index contributed by atoms with van der Waals surface area (Å²) >= 11 is 6.20. The Morgan fingerprint density at radius 1 is 1.26 bits per heavy atom. The smallest absolute Gasteiger partial charge is 0.138 e. The molecule has 1 aromatic heterocycles. The summed E-state index contributed by atoms with van der Waals surface area (Å²) in [6.45, 7) is 7.93. The minimum absolute atomic E-state index is 0.222. The first-order chi connectivity index (χ1) is 9.00. The zero-order chi connectivity index (χ0) is 14.0. The molecule has 1 N–H and O–H groups in total. The van der Waals surface area contributed by atoms with Crippen LogP contribution in [-0.2, 0) is 0 Å². The third-order valence-electron chi connectivity index (χ3n) is 3.91. The largest absolute Gasteiger partial charge is 0.393 e. The Labute approximate surface area is 119 Å². The van der Waals surface area contributed by atoms with E-state index in [1.807, 2.05) is 6.92 Å². The lowest BCUT2D eigenvalue weighted by Gasteiger charge is -2.35. The third-order valence-corrected chi connectivity index (χ3v) is 4.21. The predicted octanol–water partition coefficient (Wildman–Crippen LogP) is 2.85. The highest BCUT2D eigenvalue weighted by Gasteiger charge is 2.26. The van der Waals surface area contributed by atoms with Crippen LogP contribution in [-0.4, -0.2) is 34.3 Å². The fraction of sp³-hybridized carbons (Fsp3) is 0.714. The average molecular weight is 284 g/mol. The summed E-state index contributed by atoms with van der Waals surface area (Å²) in [6, 6.07) is 0. The normalized spacial score (nSPS) is 18.9. The Morgan fingerprint density at radius 3 is 2.42 bits per heavy atom. The lowest BCUT2D eigenvalue weighted by atomic mass is 9.92. The van der Waals surface area contributed by atoms with Gasteiger partial charge in [-0.1, -0.05) is 25.4 Å². The van der Waals surface area contributed by atoms with Gasteiger partial charge in [-0.15, -0.1) is 0 Å².